The van der Waals surface area contributed by atoms with E-state index in [1.807, 2.05) is 13.8 Å². The predicted molar refractivity (Wildman–Crippen MR) is 107 cm³/mol. The predicted octanol–water partition coefficient (Wildman–Crippen LogP) is 0.186. The molecule has 1 aliphatic rings. The number of likely N-dealkylation sites (tertiary alicyclic amines) is 1. The molecule has 1 fully saturated rings. The average Bonchev–Trinajstić information content (AvgIpc) is 3.18. The van der Waals surface area contributed by atoms with Crippen molar-refractivity contribution in [2.24, 2.45) is 11.2 Å². The second kappa shape index (κ2) is 12.2. The maximum atomic E-state index is 12.7. The van der Waals surface area contributed by atoms with E-state index < -0.39 is 29.9 Å². The first kappa shape index (κ1) is 24.6. The van der Waals surface area contributed by atoms with Crippen molar-refractivity contribution >= 4 is 35.4 Å². The van der Waals surface area contributed by atoms with Crippen molar-refractivity contribution in [1.82, 2.24) is 25.9 Å². The SMILES string of the molecule is CC(C)C[C@H](NC(=O)[C@@H]1CCCN1C(=O)N(C)N=O)C(=O)NCC(=O)NCCCl. The summed E-state index contributed by atoms with van der Waals surface area (Å²) in [5, 5.41) is 10.9. The van der Waals surface area contributed by atoms with Crippen LogP contribution in [0.15, 0.2) is 5.29 Å². The van der Waals surface area contributed by atoms with Gasteiger partial charge in [0.1, 0.15) is 12.1 Å². The van der Waals surface area contributed by atoms with Gasteiger partial charge in [-0.25, -0.2) is 4.79 Å². The number of halogens is 1. The third kappa shape index (κ3) is 7.84. The first-order valence-corrected chi connectivity index (χ1v) is 10.0. The number of rotatable bonds is 10. The Hall–Kier alpha value is -2.43. The Morgan fingerprint density at radius 2 is 1.93 bits per heavy atom. The minimum absolute atomic E-state index is 0.0998. The Kier molecular flexibility index (Phi) is 10.4. The largest absolute Gasteiger partial charge is 0.353 e. The van der Waals surface area contributed by atoms with Gasteiger partial charge in [0.25, 0.3) is 0 Å². The van der Waals surface area contributed by atoms with Crippen LogP contribution in [0.25, 0.3) is 0 Å². The van der Waals surface area contributed by atoms with Crippen LogP contribution in [0.5, 0.6) is 0 Å². The Morgan fingerprint density at radius 3 is 2.52 bits per heavy atom. The van der Waals surface area contributed by atoms with Gasteiger partial charge in [0.05, 0.1) is 11.8 Å². The van der Waals surface area contributed by atoms with Gasteiger partial charge in [0, 0.05) is 26.0 Å². The van der Waals surface area contributed by atoms with Gasteiger partial charge in [-0.1, -0.05) is 13.8 Å². The monoisotopic (exact) mass is 432 g/mol. The van der Waals surface area contributed by atoms with E-state index in [-0.39, 0.29) is 30.8 Å². The number of hydrogen-bond donors (Lipinski definition) is 3. The zero-order chi connectivity index (χ0) is 22.0. The number of amides is 5. The lowest BCUT2D eigenvalue weighted by molar-refractivity contribution is -0.132. The number of carbonyl (C=O) groups excluding carboxylic acids is 4. The molecule has 0 saturated carbocycles. The first-order valence-electron chi connectivity index (χ1n) is 9.49. The summed E-state index contributed by atoms with van der Waals surface area (Å²) in [5.41, 5.74) is 0. The number of nitrogens with zero attached hydrogens (tertiary/aromatic N) is 3. The maximum Gasteiger partial charge on any atom is 0.343 e. The highest BCUT2D eigenvalue weighted by molar-refractivity contribution is 6.18. The third-order valence-corrected chi connectivity index (χ3v) is 4.57. The lowest BCUT2D eigenvalue weighted by Crippen LogP contribution is -2.55. The van der Waals surface area contributed by atoms with Gasteiger partial charge in [-0.05, 0) is 25.2 Å². The van der Waals surface area contributed by atoms with E-state index in [0.29, 0.717) is 30.8 Å². The van der Waals surface area contributed by atoms with Crippen molar-refractivity contribution in [3.63, 3.8) is 0 Å². The van der Waals surface area contributed by atoms with Gasteiger partial charge in [-0.15, -0.1) is 16.5 Å². The number of carbonyl (C=O) groups is 4. The lowest BCUT2D eigenvalue weighted by Gasteiger charge is -2.27. The van der Waals surface area contributed by atoms with E-state index >= 15 is 0 Å². The molecule has 12 heteroatoms. The highest BCUT2D eigenvalue weighted by Crippen LogP contribution is 2.19. The average molecular weight is 433 g/mol. The standard InChI is InChI=1S/C17H29ClN6O5/c1-11(2)9-12(15(26)20-10-14(25)19-7-6-18)21-16(27)13-5-4-8-24(13)17(28)23(3)22-29/h11-13H,4-10H2,1-3H3,(H,19,25)(H,20,26)(H,21,27)/t12-,13-/m0/s1. The molecule has 1 aliphatic heterocycles. The molecule has 5 amide bonds. The van der Waals surface area contributed by atoms with Crippen LogP contribution in [0.2, 0.25) is 0 Å². The van der Waals surface area contributed by atoms with E-state index in [9.17, 15) is 24.1 Å². The quantitative estimate of drug-likeness (QED) is 0.257. The summed E-state index contributed by atoms with van der Waals surface area (Å²) in [4.78, 5) is 60.9. The van der Waals surface area contributed by atoms with Gasteiger partial charge < -0.3 is 20.9 Å². The molecule has 0 aromatic rings. The maximum absolute atomic E-state index is 12.7. The van der Waals surface area contributed by atoms with Crippen molar-refractivity contribution in [3.05, 3.63) is 4.91 Å². The van der Waals surface area contributed by atoms with Gasteiger partial charge in [-0.2, -0.15) is 5.01 Å². The summed E-state index contributed by atoms with van der Waals surface area (Å²) in [5.74, 6) is -0.997. The van der Waals surface area contributed by atoms with Crippen LogP contribution in [-0.2, 0) is 14.4 Å². The number of urea groups is 1. The molecule has 0 spiro atoms. The van der Waals surface area contributed by atoms with E-state index in [1.54, 1.807) is 0 Å². The van der Waals surface area contributed by atoms with E-state index in [1.165, 1.54) is 11.9 Å². The third-order valence-electron chi connectivity index (χ3n) is 4.38. The molecule has 0 radical (unpaired) electrons. The molecule has 0 aromatic heterocycles. The Labute approximate surface area is 174 Å². The van der Waals surface area contributed by atoms with E-state index in [0.717, 1.165) is 0 Å². The molecule has 0 aromatic carbocycles. The fraction of sp³-hybridized carbons (Fsp3) is 0.765. The Balaban J connectivity index is 2.74. The smallest absolute Gasteiger partial charge is 0.343 e. The molecule has 3 N–H and O–H groups in total. The summed E-state index contributed by atoms with van der Waals surface area (Å²) in [6.07, 6.45) is 1.37. The zero-order valence-electron chi connectivity index (χ0n) is 16.9. The molecular weight excluding hydrogens is 404 g/mol. The molecule has 1 saturated heterocycles. The van der Waals surface area contributed by atoms with Crippen LogP contribution in [-0.4, -0.2) is 78.3 Å². The molecule has 0 aliphatic carbocycles. The number of nitrogens with one attached hydrogen (secondary N) is 3. The molecular formula is C17H29ClN6O5. The zero-order valence-corrected chi connectivity index (χ0v) is 17.7. The first-order chi connectivity index (χ1) is 13.7. The minimum Gasteiger partial charge on any atom is -0.353 e. The molecule has 164 valence electrons. The molecule has 11 nitrogen and oxygen atoms in total. The fourth-order valence-electron chi connectivity index (χ4n) is 3.00. The normalized spacial score (nSPS) is 16.9. The fourth-order valence-corrected chi connectivity index (χ4v) is 3.09. The minimum atomic E-state index is -0.859. The highest BCUT2D eigenvalue weighted by Gasteiger charge is 2.37. The van der Waals surface area contributed by atoms with Gasteiger partial charge in [0.2, 0.25) is 17.7 Å². The van der Waals surface area contributed by atoms with E-state index in [4.69, 9.17) is 11.6 Å². The van der Waals surface area contributed by atoms with Crippen molar-refractivity contribution < 1.29 is 19.2 Å². The van der Waals surface area contributed by atoms with Crippen LogP contribution in [0.3, 0.4) is 0 Å². The summed E-state index contributed by atoms with van der Waals surface area (Å²) in [6, 6.07) is -2.32. The molecule has 2 atom stereocenters. The number of hydrogen-bond acceptors (Lipinski definition) is 6. The Morgan fingerprint density at radius 1 is 1.24 bits per heavy atom. The number of alkyl halides is 1. The van der Waals surface area contributed by atoms with Crippen LogP contribution in [0, 0.1) is 10.8 Å². The molecule has 29 heavy (non-hydrogen) atoms. The molecule has 0 bridgehead atoms. The van der Waals surface area contributed by atoms with Crippen LogP contribution < -0.4 is 16.0 Å². The van der Waals surface area contributed by atoms with Crippen molar-refractivity contribution in [2.45, 2.75) is 45.2 Å². The van der Waals surface area contributed by atoms with Crippen molar-refractivity contribution in [1.29, 1.82) is 0 Å². The summed E-state index contributed by atoms with van der Waals surface area (Å²) >= 11 is 5.49. The second-order valence-electron chi connectivity index (χ2n) is 7.19. The van der Waals surface area contributed by atoms with Crippen LogP contribution in [0.4, 0.5) is 4.79 Å². The van der Waals surface area contributed by atoms with Gasteiger partial charge >= 0.3 is 6.03 Å². The van der Waals surface area contributed by atoms with Crippen molar-refractivity contribution in [3.8, 4) is 0 Å². The summed E-state index contributed by atoms with van der Waals surface area (Å²) in [7, 11) is 1.22. The lowest BCUT2D eigenvalue weighted by atomic mass is 10.0. The summed E-state index contributed by atoms with van der Waals surface area (Å²) in [6.45, 7) is 4.17. The van der Waals surface area contributed by atoms with Gasteiger partial charge in [0.15, 0.2) is 0 Å². The van der Waals surface area contributed by atoms with Crippen LogP contribution in [0.1, 0.15) is 33.1 Å². The highest BCUT2D eigenvalue weighted by atomic mass is 35.5. The molecule has 0 unspecified atom stereocenters. The molecule has 1 heterocycles. The van der Waals surface area contributed by atoms with Crippen molar-refractivity contribution in [2.75, 3.05) is 32.6 Å². The number of nitroso groups, excluding NO2 is 1. The summed E-state index contributed by atoms with van der Waals surface area (Å²) < 4.78 is 0. The van der Waals surface area contributed by atoms with Gasteiger partial charge in [-0.3, -0.25) is 14.4 Å². The van der Waals surface area contributed by atoms with E-state index in [2.05, 4.69) is 21.2 Å². The topological polar surface area (TPSA) is 140 Å². The Bertz CT molecular complexity index is 617. The van der Waals surface area contributed by atoms with Crippen LogP contribution >= 0.6 is 11.6 Å². The second-order valence-corrected chi connectivity index (χ2v) is 7.56. The molecule has 1 rings (SSSR count).